The van der Waals surface area contributed by atoms with Crippen molar-refractivity contribution in [3.63, 3.8) is 0 Å². The molecule has 0 saturated heterocycles. The van der Waals surface area contributed by atoms with Crippen LogP contribution in [0.1, 0.15) is 84.0 Å². The SMILES string of the molecule is CCCCCNC(=O)NCCCC/C=C\CCCCCCCNC(=O)SN. The van der Waals surface area contributed by atoms with E-state index >= 15 is 0 Å². The van der Waals surface area contributed by atoms with Crippen LogP contribution in [-0.4, -0.2) is 30.9 Å². The molecule has 158 valence electrons. The molecule has 0 unspecified atom stereocenters. The molecule has 0 aromatic carbocycles. The molecule has 27 heavy (non-hydrogen) atoms. The number of carbonyl (C=O) groups is 2. The summed E-state index contributed by atoms with van der Waals surface area (Å²) in [7, 11) is 0. The molecule has 0 heterocycles. The number of hydrogen-bond donors (Lipinski definition) is 4. The molecule has 3 amide bonds. The van der Waals surface area contributed by atoms with Gasteiger partial charge in [0.15, 0.2) is 0 Å². The molecular weight excluding hydrogens is 360 g/mol. The van der Waals surface area contributed by atoms with Gasteiger partial charge in [-0.1, -0.05) is 51.2 Å². The molecule has 0 aliphatic heterocycles. The van der Waals surface area contributed by atoms with Gasteiger partial charge in [-0.05, 0) is 44.9 Å². The van der Waals surface area contributed by atoms with Crippen LogP contribution in [0.2, 0.25) is 0 Å². The first-order chi connectivity index (χ1) is 13.2. The molecule has 0 aliphatic carbocycles. The van der Waals surface area contributed by atoms with Gasteiger partial charge < -0.3 is 16.0 Å². The maximum atomic E-state index is 11.5. The second-order valence-electron chi connectivity index (χ2n) is 6.75. The summed E-state index contributed by atoms with van der Waals surface area (Å²) >= 11 is 0.737. The van der Waals surface area contributed by atoms with Gasteiger partial charge in [0.1, 0.15) is 0 Å². The molecule has 0 spiro atoms. The molecule has 6 nitrogen and oxygen atoms in total. The van der Waals surface area contributed by atoms with E-state index in [4.69, 9.17) is 5.14 Å². The summed E-state index contributed by atoms with van der Waals surface area (Å²) in [6.45, 7) is 4.40. The average Bonchev–Trinajstić information content (AvgIpc) is 2.68. The summed E-state index contributed by atoms with van der Waals surface area (Å²) in [5, 5.41) is 13.5. The lowest BCUT2D eigenvalue weighted by atomic mass is 10.1. The van der Waals surface area contributed by atoms with E-state index in [1.807, 2.05) is 0 Å². The van der Waals surface area contributed by atoms with Crippen molar-refractivity contribution >= 4 is 23.2 Å². The zero-order valence-corrected chi connectivity index (χ0v) is 17.9. The van der Waals surface area contributed by atoms with Crippen molar-refractivity contribution < 1.29 is 9.59 Å². The van der Waals surface area contributed by atoms with Gasteiger partial charge in [-0.3, -0.25) is 9.93 Å². The Kier molecular flexibility index (Phi) is 20.1. The van der Waals surface area contributed by atoms with Gasteiger partial charge >= 0.3 is 6.03 Å². The van der Waals surface area contributed by atoms with Crippen LogP contribution in [0.15, 0.2) is 12.2 Å². The van der Waals surface area contributed by atoms with Crippen LogP contribution in [0, 0.1) is 0 Å². The Morgan fingerprint density at radius 2 is 1.22 bits per heavy atom. The average molecular weight is 401 g/mol. The fraction of sp³-hybridized carbons (Fsp3) is 0.800. The van der Waals surface area contributed by atoms with E-state index in [1.54, 1.807) is 0 Å². The van der Waals surface area contributed by atoms with Crippen LogP contribution in [0.4, 0.5) is 9.59 Å². The van der Waals surface area contributed by atoms with E-state index in [9.17, 15) is 9.59 Å². The van der Waals surface area contributed by atoms with E-state index in [-0.39, 0.29) is 11.3 Å². The van der Waals surface area contributed by atoms with Crippen molar-refractivity contribution in [2.75, 3.05) is 19.6 Å². The van der Waals surface area contributed by atoms with Crippen LogP contribution >= 0.6 is 11.9 Å². The third kappa shape index (κ3) is 21.0. The van der Waals surface area contributed by atoms with Crippen molar-refractivity contribution in [2.24, 2.45) is 5.14 Å². The van der Waals surface area contributed by atoms with Crippen LogP contribution in [0.5, 0.6) is 0 Å². The maximum absolute atomic E-state index is 11.5. The van der Waals surface area contributed by atoms with E-state index in [1.165, 1.54) is 32.1 Å². The highest BCUT2D eigenvalue weighted by Crippen LogP contribution is 2.06. The number of hydrogen-bond acceptors (Lipinski definition) is 4. The van der Waals surface area contributed by atoms with Crippen LogP contribution in [-0.2, 0) is 0 Å². The summed E-state index contributed by atoms with van der Waals surface area (Å²) in [6.07, 6.45) is 18.1. The summed E-state index contributed by atoms with van der Waals surface area (Å²) in [4.78, 5) is 22.4. The Balaban J connectivity index is 3.23. The van der Waals surface area contributed by atoms with Crippen molar-refractivity contribution in [1.29, 1.82) is 0 Å². The predicted octanol–water partition coefficient (Wildman–Crippen LogP) is 4.86. The Hall–Kier alpha value is -1.21. The van der Waals surface area contributed by atoms with E-state index in [0.717, 1.165) is 76.5 Å². The van der Waals surface area contributed by atoms with Gasteiger partial charge in [0, 0.05) is 31.6 Å². The summed E-state index contributed by atoms with van der Waals surface area (Å²) in [6, 6.07) is -0.0395. The molecule has 0 radical (unpaired) electrons. The monoisotopic (exact) mass is 400 g/mol. The van der Waals surface area contributed by atoms with Gasteiger partial charge in [0.05, 0.1) is 0 Å². The zero-order chi connectivity index (χ0) is 20.0. The van der Waals surface area contributed by atoms with Crippen molar-refractivity contribution in [1.82, 2.24) is 16.0 Å². The normalized spacial score (nSPS) is 10.9. The van der Waals surface area contributed by atoms with Crippen LogP contribution in [0.25, 0.3) is 0 Å². The van der Waals surface area contributed by atoms with Crippen LogP contribution < -0.4 is 21.1 Å². The van der Waals surface area contributed by atoms with Gasteiger partial charge in [-0.15, -0.1) is 0 Å². The number of nitrogens with one attached hydrogen (secondary N) is 3. The fourth-order valence-electron chi connectivity index (χ4n) is 2.61. The standard InChI is InChI=1S/C20H40N4O2S/c1-2-3-13-16-22-19(25)23-17-14-11-9-7-5-4-6-8-10-12-15-18-24-20(26)27-21/h5,7H,2-4,6,8-18,21H2,1H3,(H,24,26)(H2,22,23,25)/b7-5-. The largest absolute Gasteiger partial charge is 0.346 e. The topological polar surface area (TPSA) is 96.2 Å². The molecule has 0 aromatic rings. The Morgan fingerprint density at radius 1 is 0.741 bits per heavy atom. The van der Waals surface area contributed by atoms with Gasteiger partial charge in [-0.2, -0.15) is 0 Å². The Morgan fingerprint density at radius 3 is 1.85 bits per heavy atom. The lowest BCUT2D eigenvalue weighted by molar-refractivity contribution is 0.240. The molecule has 0 rings (SSSR count). The zero-order valence-electron chi connectivity index (χ0n) is 17.1. The summed E-state index contributed by atoms with van der Waals surface area (Å²) in [5.41, 5.74) is 0. The molecule has 0 saturated carbocycles. The highest BCUT2D eigenvalue weighted by molar-refractivity contribution is 8.11. The molecule has 0 bridgehead atoms. The third-order valence-corrected chi connectivity index (χ3v) is 4.60. The fourth-order valence-corrected chi connectivity index (χ4v) is 2.80. The lowest BCUT2D eigenvalue weighted by Crippen LogP contribution is -2.36. The number of nitrogens with two attached hydrogens (primary N) is 1. The summed E-state index contributed by atoms with van der Waals surface area (Å²) in [5.74, 6) is 0. The number of urea groups is 1. The Bertz CT molecular complexity index is 392. The van der Waals surface area contributed by atoms with Crippen LogP contribution in [0.3, 0.4) is 0 Å². The van der Waals surface area contributed by atoms with E-state index in [2.05, 4.69) is 35.0 Å². The number of amides is 3. The van der Waals surface area contributed by atoms with E-state index in [0.29, 0.717) is 0 Å². The second-order valence-corrected chi connectivity index (χ2v) is 7.35. The molecule has 0 fully saturated rings. The number of allylic oxidation sites excluding steroid dienone is 2. The highest BCUT2D eigenvalue weighted by Gasteiger charge is 1.98. The minimum atomic E-state index is -0.151. The van der Waals surface area contributed by atoms with Crippen molar-refractivity contribution in [3.05, 3.63) is 12.2 Å². The predicted molar refractivity (Wildman–Crippen MR) is 117 cm³/mol. The number of carbonyl (C=O) groups excluding carboxylic acids is 2. The maximum Gasteiger partial charge on any atom is 0.314 e. The molecule has 7 heteroatoms. The molecule has 5 N–H and O–H groups in total. The van der Waals surface area contributed by atoms with Crippen molar-refractivity contribution in [3.8, 4) is 0 Å². The van der Waals surface area contributed by atoms with E-state index < -0.39 is 0 Å². The Labute approximate surface area is 170 Å². The smallest absolute Gasteiger partial charge is 0.314 e. The molecular formula is C20H40N4O2S. The molecule has 0 aliphatic rings. The first-order valence-corrected chi connectivity index (χ1v) is 11.4. The third-order valence-electron chi connectivity index (χ3n) is 4.24. The minimum Gasteiger partial charge on any atom is -0.346 e. The minimum absolute atomic E-state index is 0.0395. The van der Waals surface area contributed by atoms with Gasteiger partial charge in [-0.25, -0.2) is 4.79 Å². The first kappa shape index (κ1) is 25.8. The summed E-state index contributed by atoms with van der Waals surface area (Å²) < 4.78 is 0. The van der Waals surface area contributed by atoms with Gasteiger partial charge in [0.25, 0.3) is 5.24 Å². The van der Waals surface area contributed by atoms with Gasteiger partial charge in [0.2, 0.25) is 0 Å². The number of rotatable bonds is 17. The molecule has 0 aromatic heterocycles. The number of unbranched alkanes of at least 4 members (excludes halogenated alkanes) is 9. The quantitative estimate of drug-likeness (QED) is 0.159. The molecule has 0 atom stereocenters. The lowest BCUT2D eigenvalue weighted by Gasteiger charge is -2.06. The first-order valence-electron chi connectivity index (χ1n) is 10.5. The highest BCUT2D eigenvalue weighted by atomic mass is 32.2. The van der Waals surface area contributed by atoms with Crippen molar-refractivity contribution in [2.45, 2.75) is 84.0 Å². The second kappa shape index (κ2) is 21.1.